The number of anilines is 5. The zero-order chi connectivity index (χ0) is 86.1. The Balaban J connectivity index is 0.000000110. The van der Waals surface area contributed by atoms with Crippen LogP contribution in [0.1, 0.15) is 193 Å². The second kappa shape index (κ2) is 36.6. The molecule has 652 valence electrons. The first kappa shape index (κ1) is 85.7. The largest absolute Gasteiger partial charge is 0.400 e. The summed E-state index contributed by atoms with van der Waals surface area (Å²) in [6.07, 6.45) is 14.1. The molecule has 3 unspecified atom stereocenters. The molecule has 6 aliphatic heterocycles. The molecule has 6 fully saturated rings. The van der Waals surface area contributed by atoms with Crippen molar-refractivity contribution in [2.75, 3.05) is 72.5 Å². The molecule has 10 amide bonds. The zero-order valence-corrected chi connectivity index (χ0v) is 72.0. The van der Waals surface area contributed by atoms with E-state index >= 15 is 0 Å². The van der Waals surface area contributed by atoms with Crippen LogP contribution in [0.2, 0.25) is 25.2 Å². The number of alkyl halides is 3. The number of carbonyl (C=O) groups excluding carboxylic acids is 5. The Hall–Kier alpha value is -10.4. The average molecular weight is 1800 g/mol. The summed E-state index contributed by atoms with van der Waals surface area (Å²) in [7, 11) is 0. The Morgan fingerprint density at radius 2 is 0.815 bits per heavy atom. The fraction of sp³-hybridized carbons (Fsp3) is 0.443. The van der Waals surface area contributed by atoms with Gasteiger partial charge in [-0.3, -0.25) is 25.5 Å². The lowest BCUT2D eigenvalue weighted by molar-refractivity contribution is -0.161. The number of H-pyrrole nitrogens is 5. The molecule has 6 aromatic heterocycles. The minimum Gasteiger partial charge on any atom is -0.381 e. The molecule has 10 N–H and O–H groups in total. The van der Waals surface area contributed by atoms with Crippen molar-refractivity contribution >= 4 is 117 Å². The predicted molar refractivity (Wildman–Crippen MR) is 465 cm³/mol. The molecule has 0 bridgehead atoms. The Labute approximate surface area is 738 Å². The number of benzene rings is 4. The minimum absolute atomic E-state index is 0.0391. The molecular formula is C88H96Cl5F4N21O6. The highest BCUT2D eigenvalue weighted by Crippen LogP contribution is 2.60. The van der Waals surface area contributed by atoms with Gasteiger partial charge in [0, 0.05) is 200 Å². The molecule has 3 atom stereocenters. The van der Waals surface area contributed by atoms with Crippen molar-refractivity contribution in [3.05, 3.63) is 225 Å². The number of pyridine rings is 1. The number of aromatic amines is 5. The van der Waals surface area contributed by atoms with E-state index in [1.54, 1.807) is 65.6 Å². The Bertz CT molecular complexity index is 5590. The number of rotatable bonds is 10. The van der Waals surface area contributed by atoms with Crippen LogP contribution >= 0.6 is 58.0 Å². The summed E-state index contributed by atoms with van der Waals surface area (Å²) in [6.45, 7) is 9.25. The SMILES string of the molecule is CC1(c2n[nH]c3c2CN(C(=O)Nc2cccc(Cl)c2)CC3)CCCC1.O=C(Nc1cccc(Cl)c1)N1CCc2[nH]nc(C3(C(F)(F)F)CC3)c2C1.O=C(Nc1cccc(Cl)c1)N1CCc2[nH]nc(C3CC4CC4C3)c2C1.O=C(Nc1cccc(Cl)c1)N1CCc2[nH]nc(C3CCOC3)c2C1.O=C(Nc1ccnc(Cl)c1F)N1CCc2[nH]nc(C3CCC3)c2C1. The van der Waals surface area contributed by atoms with Gasteiger partial charge >= 0.3 is 36.3 Å². The lowest BCUT2D eigenvalue weighted by atomic mass is 9.81. The van der Waals surface area contributed by atoms with Crippen molar-refractivity contribution in [3.8, 4) is 0 Å². The molecule has 36 heteroatoms. The first-order valence-electron chi connectivity index (χ1n) is 42.4. The maximum Gasteiger partial charge on any atom is 0.400 e. The third-order valence-electron chi connectivity index (χ3n) is 26.1. The highest BCUT2D eigenvalue weighted by molar-refractivity contribution is 6.32. The first-order valence-corrected chi connectivity index (χ1v) is 44.3. The van der Waals surface area contributed by atoms with Crippen LogP contribution in [-0.2, 0) is 80.4 Å². The topological polar surface area (TPSA) is 327 Å². The molecular weight excluding hydrogens is 1700 g/mol. The highest BCUT2D eigenvalue weighted by atomic mass is 35.5. The van der Waals surface area contributed by atoms with Crippen LogP contribution in [0.3, 0.4) is 0 Å². The van der Waals surface area contributed by atoms with Crippen molar-refractivity contribution < 1.29 is 46.3 Å². The van der Waals surface area contributed by atoms with E-state index in [4.69, 9.17) is 62.7 Å². The maximum absolute atomic E-state index is 13.9. The number of ether oxygens (including phenoxy) is 1. The second-order valence-corrected chi connectivity index (χ2v) is 36.3. The van der Waals surface area contributed by atoms with Gasteiger partial charge in [0.05, 0.1) is 73.5 Å². The number of urea groups is 5. The number of amides is 10. The Morgan fingerprint density at radius 3 is 1.19 bits per heavy atom. The first-order chi connectivity index (χ1) is 59.9. The van der Waals surface area contributed by atoms with E-state index in [9.17, 15) is 41.5 Å². The summed E-state index contributed by atoms with van der Waals surface area (Å²) in [5.41, 5.74) is 16.2. The molecule has 124 heavy (non-hydrogen) atoms. The van der Waals surface area contributed by atoms with Crippen LogP contribution in [0, 0.1) is 17.7 Å². The van der Waals surface area contributed by atoms with Crippen molar-refractivity contribution in [1.29, 1.82) is 0 Å². The van der Waals surface area contributed by atoms with E-state index < -0.39 is 17.4 Å². The predicted octanol–water partition coefficient (Wildman–Crippen LogP) is 19.5. The van der Waals surface area contributed by atoms with Crippen LogP contribution in [0.25, 0.3) is 0 Å². The monoisotopic (exact) mass is 1790 g/mol. The molecule has 0 radical (unpaired) electrons. The van der Waals surface area contributed by atoms with Crippen molar-refractivity contribution in [2.24, 2.45) is 11.8 Å². The van der Waals surface area contributed by atoms with Crippen LogP contribution < -0.4 is 26.6 Å². The number of hydrogen-bond acceptors (Lipinski definition) is 12. The van der Waals surface area contributed by atoms with Gasteiger partial charge in [-0.1, -0.05) is 108 Å². The number of hydrogen-bond donors (Lipinski definition) is 10. The number of aromatic nitrogens is 11. The van der Waals surface area contributed by atoms with E-state index in [-0.39, 0.29) is 71.5 Å². The second-order valence-electron chi connectivity index (χ2n) is 34.2. The summed E-state index contributed by atoms with van der Waals surface area (Å²) in [4.78, 5) is 75.2. The van der Waals surface area contributed by atoms with Crippen LogP contribution in [0.4, 0.5) is 70.0 Å². The smallest absolute Gasteiger partial charge is 0.381 e. The normalized spacial score (nSPS) is 20.3. The number of fused-ring (bicyclic) bond motifs is 6. The molecule has 27 nitrogen and oxygen atoms in total. The van der Waals surface area contributed by atoms with Crippen LogP contribution in [-0.4, -0.2) is 163 Å². The quantitative estimate of drug-likeness (QED) is 0.0451. The molecule has 21 rings (SSSR count). The highest BCUT2D eigenvalue weighted by Gasteiger charge is 2.67. The summed E-state index contributed by atoms with van der Waals surface area (Å²) in [5, 5.41) is 53.8. The number of carbonyl (C=O) groups is 5. The number of nitrogens with one attached hydrogen (secondary N) is 10. The van der Waals surface area contributed by atoms with Gasteiger partial charge in [-0.15, -0.1) is 0 Å². The van der Waals surface area contributed by atoms with Gasteiger partial charge in [0.25, 0.3) is 0 Å². The Kier molecular flexibility index (Phi) is 25.3. The van der Waals surface area contributed by atoms with E-state index in [0.29, 0.717) is 132 Å². The van der Waals surface area contributed by atoms with E-state index in [2.05, 4.69) is 89.5 Å². The van der Waals surface area contributed by atoms with Crippen molar-refractivity contribution in [1.82, 2.24) is 80.5 Å². The van der Waals surface area contributed by atoms with Gasteiger partial charge in [0.1, 0.15) is 5.41 Å². The fourth-order valence-corrected chi connectivity index (χ4v) is 19.6. The van der Waals surface area contributed by atoms with Gasteiger partial charge in [-0.2, -0.15) is 38.7 Å². The third-order valence-corrected chi connectivity index (χ3v) is 27.3. The van der Waals surface area contributed by atoms with Crippen molar-refractivity contribution in [3.63, 3.8) is 0 Å². The van der Waals surface area contributed by atoms with Gasteiger partial charge in [0.15, 0.2) is 11.0 Å². The number of nitrogens with zero attached hydrogens (tertiary/aromatic N) is 11. The standard InChI is InChI=1S/C19H21ClN4O.C19H23ClN4O.C17H16ClF3N4O.C17H19ClN4O2.C16H17ClFN5O/c20-14-2-1-3-15(9-14)21-19(25)24-5-4-17-16(10-24)18(23-22-17)13-7-11-6-12(11)8-13;1-19(8-2-3-9-19)17-15-12-24(10-7-16(15)22-23-17)18(25)21-14-6-4-5-13(20)11-14;18-10-2-1-3-11(8-10)22-15(26)25-7-4-13-12(9-25)14(24-23-13)16(5-6-16)17(19,20)21;18-12-2-1-3-13(8-12)19-17(23)22-6-4-15-14(9-22)16(21-20-15)11-5-7-24-10-11;17-15-13(18)12(4-6-19-15)20-16(24)23-7-5-11-10(8-23)14(22-21-11)9-2-1-3-9/h1-3,9,11-13H,4-8,10H2,(H,21,25)(H,22,23);4-6,11H,2-3,7-10,12H2,1H3,(H,21,25)(H,22,23);1-3,8H,4-7,9H2,(H,22,26)(H,23,24);1-3,8,11H,4-7,9-10H2,(H,19,23)(H,20,21);4,6,9H,1-3,5,7-8H2,(H,21,22)(H,19,20,24). The van der Waals surface area contributed by atoms with Gasteiger partial charge < -0.3 is 55.8 Å². The Morgan fingerprint density at radius 1 is 0.444 bits per heavy atom. The molecule has 5 aliphatic carbocycles. The van der Waals surface area contributed by atoms with Crippen molar-refractivity contribution in [2.45, 2.75) is 190 Å². The minimum atomic E-state index is -4.33. The van der Waals surface area contributed by atoms with Crippen LogP contribution in [0.15, 0.2) is 109 Å². The maximum atomic E-state index is 13.9. The molecule has 1 saturated heterocycles. The molecule has 5 saturated carbocycles. The lowest BCUT2D eigenvalue weighted by Gasteiger charge is -2.30. The molecule has 0 spiro atoms. The van der Waals surface area contributed by atoms with Gasteiger partial charge in [-0.05, 0) is 155 Å². The summed E-state index contributed by atoms with van der Waals surface area (Å²) in [6, 6.07) is 28.8. The third kappa shape index (κ3) is 19.0. The van der Waals surface area contributed by atoms with Gasteiger partial charge in [0.2, 0.25) is 0 Å². The molecule has 11 aliphatic rings. The molecule has 4 aromatic carbocycles. The summed E-state index contributed by atoms with van der Waals surface area (Å²) in [5.74, 6) is 2.57. The molecule has 10 aromatic rings. The average Bonchev–Trinajstić information content (AvgIpc) is 1.56. The number of halogens is 9. The molecule has 12 heterocycles. The van der Waals surface area contributed by atoms with E-state index in [0.717, 1.165) is 109 Å². The zero-order valence-electron chi connectivity index (χ0n) is 68.3. The van der Waals surface area contributed by atoms with Crippen LogP contribution in [0.5, 0.6) is 0 Å². The summed E-state index contributed by atoms with van der Waals surface area (Å²) >= 11 is 29.5. The van der Waals surface area contributed by atoms with E-state index in [1.807, 2.05) is 51.1 Å². The van der Waals surface area contributed by atoms with E-state index in [1.165, 1.54) is 102 Å². The van der Waals surface area contributed by atoms with Gasteiger partial charge in [-0.25, -0.2) is 33.3 Å². The lowest BCUT2D eigenvalue weighted by Crippen LogP contribution is -2.40. The summed E-state index contributed by atoms with van der Waals surface area (Å²) < 4.78 is 59.7. The fourth-order valence-electron chi connectivity index (χ4n) is 18.6.